The van der Waals surface area contributed by atoms with Gasteiger partial charge in [0.1, 0.15) is 0 Å². The number of unbranched alkanes of at least 4 members (excludes halogenated alkanes) is 4. The second-order valence-corrected chi connectivity index (χ2v) is 10.9. The third-order valence-corrected chi connectivity index (χ3v) is 7.49. The minimum Gasteiger partial charge on any atom is -0.493 e. The molecule has 3 rings (SSSR count). The monoisotopic (exact) mass is 568 g/mol. The number of hydrogen-bond acceptors (Lipinski definition) is 0. The van der Waals surface area contributed by atoms with Crippen LogP contribution in [0.25, 0.3) is 16.9 Å². The van der Waals surface area contributed by atoms with E-state index in [4.69, 9.17) is 0 Å². The van der Waals surface area contributed by atoms with Gasteiger partial charge < -0.3 is 5.53 Å². The van der Waals surface area contributed by atoms with Crippen LogP contribution in [0.1, 0.15) is 126 Å². The van der Waals surface area contributed by atoms with Gasteiger partial charge in [-0.25, -0.2) is 4.70 Å². The summed E-state index contributed by atoms with van der Waals surface area (Å²) < 4.78 is 1.47. The molecule has 0 bridgehead atoms. The van der Waals surface area contributed by atoms with Crippen molar-refractivity contribution in [1.29, 1.82) is 0 Å². The molecular weight excluding hydrogens is 519 g/mol. The van der Waals surface area contributed by atoms with Crippen molar-refractivity contribution in [2.75, 3.05) is 0 Å². The normalized spacial score (nSPS) is 13.4. The van der Waals surface area contributed by atoms with Gasteiger partial charge in [0, 0.05) is 33.7 Å². The van der Waals surface area contributed by atoms with E-state index >= 15 is 0 Å². The molecule has 0 unspecified atom stereocenters. The summed E-state index contributed by atoms with van der Waals surface area (Å²) >= 11 is 0. The van der Waals surface area contributed by atoms with Crippen LogP contribution in [0.4, 0.5) is 0 Å². The van der Waals surface area contributed by atoms with E-state index in [9.17, 15) is 5.53 Å². The zero-order chi connectivity index (χ0) is 27.3. The fourth-order valence-corrected chi connectivity index (χ4v) is 5.30. The average molecular weight is 570 g/mol. The summed E-state index contributed by atoms with van der Waals surface area (Å²) in [6, 6.07) is 14.0. The van der Waals surface area contributed by atoms with Gasteiger partial charge in [-0.2, -0.15) is 0 Å². The number of allylic oxidation sites excluding steroid dienone is 4. The molecule has 0 radical (unpaired) electrons. The molecule has 1 heterocycles. The van der Waals surface area contributed by atoms with E-state index in [1.54, 1.807) is 0 Å². The van der Waals surface area contributed by atoms with Crippen LogP contribution in [-0.4, -0.2) is 4.70 Å². The van der Waals surface area contributed by atoms with Crippen LogP contribution < -0.4 is 0 Å². The van der Waals surface area contributed by atoms with E-state index in [0.29, 0.717) is 0 Å². The minimum atomic E-state index is 0. The van der Waals surface area contributed by atoms with Gasteiger partial charge in [0.25, 0.3) is 0 Å². The maximum absolute atomic E-state index is 11.8. The first kappa shape index (κ1) is 33.0. The first-order valence-electron chi connectivity index (χ1n) is 15.4. The Bertz CT molecular complexity index is 1120. The van der Waals surface area contributed by atoms with Crippen LogP contribution in [0.15, 0.2) is 60.2 Å². The zero-order valence-electron chi connectivity index (χ0n) is 25.1. The molecule has 2 aromatic rings. The molecule has 0 saturated carbocycles. The van der Waals surface area contributed by atoms with E-state index in [1.807, 2.05) is 0 Å². The standard InChI is InChI=1S/C36H50N2.Ni/c1-6-11-16-28-21-29(17-12-7-2)24-33(23-28)35-27-32(20-15-10-5)36(38(35)37)34-25-30(18-13-8-3)22-31(26-34)19-14-9-4;/h15,20-27H,6-14,16-19H2,1-5H3;. The summed E-state index contributed by atoms with van der Waals surface area (Å²) in [5.41, 5.74) is 22.4. The largest absolute Gasteiger partial charge is 0.493 e. The molecule has 0 amide bonds. The Morgan fingerprint density at radius 1 is 0.615 bits per heavy atom. The van der Waals surface area contributed by atoms with E-state index in [2.05, 4.69) is 89.2 Å². The molecule has 214 valence electrons. The van der Waals surface area contributed by atoms with Gasteiger partial charge in [-0.05, 0) is 104 Å². The van der Waals surface area contributed by atoms with Crippen LogP contribution in [-0.2, 0) is 42.2 Å². The van der Waals surface area contributed by atoms with Crippen molar-refractivity contribution < 1.29 is 21.2 Å². The van der Waals surface area contributed by atoms with E-state index in [-0.39, 0.29) is 16.5 Å². The number of hydrogen-bond donors (Lipinski definition) is 0. The van der Waals surface area contributed by atoms with Gasteiger partial charge in [0.05, 0.1) is 5.57 Å². The van der Waals surface area contributed by atoms with Crippen molar-refractivity contribution in [1.82, 2.24) is 0 Å². The fraction of sp³-hybridized carbons (Fsp3) is 0.500. The summed E-state index contributed by atoms with van der Waals surface area (Å²) in [5.74, 6) is 0. The summed E-state index contributed by atoms with van der Waals surface area (Å²) in [6.45, 7) is 11.2. The third kappa shape index (κ3) is 9.42. The molecule has 2 aromatic carbocycles. The first-order valence-corrected chi connectivity index (χ1v) is 15.4. The number of rotatable bonds is 16. The molecule has 0 saturated heterocycles. The molecule has 0 aromatic heterocycles. The quantitative estimate of drug-likeness (QED) is 0.142. The van der Waals surface area contributed by atoms with Crippen LogP contribution in [0, 0.1) is 0 Å². The van der Waals surface area contributed by atoms with Crippen molar-refractivity contribution in [2.24, 2.45) is 0 Å². The van der Waals surface area contributed by atoms with Gasteiger partial charge >= 0.3 is 0 Å². The molecule has 2 nitrogen and oxygen atoms in total. The Labute approximate surface area is 249 Å². The topological polar surface area (TPSA) is 25.3 Å². The first-order chi connectivity index (χ1) is 18.5. The molecule has 0 N–H and O–H groups in total. The zero-order valence-corrected chi connectivity index (χ0v) is 26.1. The molecule has 0 spiro atoms. The molecule has 0 atom stereocenters. The maximum Gasteiger partial charge on any atom is 0.214 e. The van der Waals surface area contributed by atoms with Crippen LogP contribution in [0.3, 0.4) is 0 Å². The Balaban J connectivity index is 0.00000533. The molecule has 0 fully saturated rings. The summed E-state index contributed by atoms with van der Waals surface area (Å²) in [5, 5.41) is 0. The molecular formula is C36H50N2Ni. The predicted molar refractivity (Wildman–Crippen MR) is 165 cm³/mol. The van der Waals surface area contributed by atoms with Crippen LogP contribution in [0.2, 0.25) is 0 Å². The Hall–Kier alpha value is -2.25. The second-order valence-electron chi connectivity index (χ2n) is 10.9. The van der Waals surface area contributed by atoms with Gasteiger partial charge in [0.15, 0.2) is 0 Å². The van der Waals surface area contributed by atoms with Gasteiger partial charge in [-0.15, -0.1) is 0 Å². The molecule has 1 aliphatic heterocycles. The maximum atomic E-state index is 11.8. The van der Waals surface area contributed by atoms with Crippen molar-refractivity contribution in [3.8, 4) is 0 Å². The van der Waals surface area contributed by atoms with Crippen molar-refractivity contribution in [3.63, 3.8) is 0 Å². The molecule has 0 aliphatic carbocycles. The number of aryl methyl sites for hydroxylation is 4. The smallest absolute Gasteiger partial charge is 0.214 e. The molecule has 39 heavy (non-hydrogen) atoms. The number of nitrogens with zero attached hydrogens (tertiary/aromatic N) is 2. The Kier molecular flexibility index (Phi) is 14.7. The summed E-state index contributed by atoms with van der Waals surface area (Å²) in [7, 11) is 0. The summed E-state index contributed by atoms with van der Waals surface area (Å²) in [6.07, 6.45) is 21.4. The van der Waals surface area contributed by atoms with Gasteiger partial charge in [-0.1, -0.05) is 84.6 Å². The van der Waals surface area contributed by atoms with Crippen molar-refractivity contribution >= 4 is 11.4 Å². The van der Waals surface area contributed by atoms with Crippen molar-refractivity contribution in [3.05, 3.63) is 99.1 Å². The second kappa shape index (κ2) is 17.4. The summed E-state index contributed by atoms with van der Waals surface area (Å²) in [4.78, 5) is 0. The molecule has 1 aliphatic rings. The number of benzene rings is 2. The molecule has 3 heteroatoms. The van der Waals surface area contributed by atoms with Crippen molar-refractivity contribution in [2.45, 2.75) is 118 Å². The Morgan fingerprint density at radius 3 is 1.41 bits per heavy atom. The average Bonchev–Trinajstić information content (AvgIpc) is 3.27. The van der Waals surface area contributed by atoms with Gasteiger partial charge in [-0.3, -0.25) is 0 Å². The Morgan fingerprint density at radius 2 is 1.03 bits per heavy atom. The van der Waals surface area contributed by atoms with E-state index < -0.39 is 0 Å². The SMILES string of the molecule is CCC=CC1=C(c2cc(CCCC)cc(CCCC)c2)[N+](=[N-])C(c2cc(CCCC)cc(CCCC)c2)=C1.[Ni]. The van der Waals surface area contributed by atoms with E-state index in [0.717, 1.165) is 60.2 Å². The predicted octanol–water partition coefficient (Wildman–Crippen LogP) is 10.8. The van der Waals surface area contributed by atoms with E-state index in [1.165, 1.54) is 78.3 Å². The fourth-order valence-electron chi connectivity index (χ4n) is 5.30. The van der Waals surface area contributed by atoms with Crippen LogP contribution in [0.5, 0.6) is 0 Å². The third-order valence-electron chi connectivity index (χ3n) is 7.49. The van der Waals surface area contributed by atoms with Gasteiger partial charge in [0.2, 0.25) is 11.4 Å². The minimum absolute atomic E-state index is 0. The van der Waals surface area contributed by atoms with Crippen LogP contribution >= 0.6 is 0 Å².